The summed E-state index contributed by atoms with van der Waals surface area (Å²) in [5.41, 5.74) is 3.33. The van der Waals surface area contributed by atoms with Crippen LogP contribution < -0.4 is 15.0 Å². The summed E-state index contributed by atoms with van der Waals surface area (Å²) >= 11 is 0. The van der Waals surface area contributed by atoms with E-state index in [-0.39, 0.29) is 23.9 Å². The van der Waals surface area contributed by atoms with E-state index < -0.39 is 17.6 Å². The number of urea groups is 1. The molecule has 286 valence electrons. The number of ether oxygens (including phenoxy) is 2. The summed E-state index contributed by atoms with van der Waals surface area (Å²) in [6.45, 7) is 9.90. The zero-order chi connectivity index (χ0) is 38.4. The first kappa shape index (κ1) is 38.7. The standard InChI is InChI=1S/C38H45F2N9O4S/c1-25-9-18-49(38(50)44-25)36-33-8-6-28(19-34(33)46(4)45-36)27-10-14-47(15-11-27)26(2)24-52-35-20-32(7-5-29(35)21-41)54(51)48-16-12-30(13-17-48)43-23-31(22-42-3)53-37(39)40/h5-8,19-20,22-23,26-27,30,37H,1,3,9-18,24H2,2,4H3,(H,44,50)/b31-22+,43-23?. The second kappa shape index (κ2) is 17.4. The highest BCUT2D eigenvalue weighted by molar-refractivity contribution is 7.82. The van der Waals surface area contributed by atoms with Crippen LogP contribution in [0.5, 0.6) is 5.75 Å². The topological polar surface area (TPSA) is 141 Å². The molecule has 0 saturated carbocycles. The molecule has 13 nitrogen and oxygen atoms in total. The maximum Gasteiger partial charge on any atom is 0.387 e. The largest absolute Gasteiger partial charge is 0.491 e. The molecule has 0 bridgehead atoms. The molecule has 2 aromatic carbocycles. The van der Waals surface area contributed by atoms with Gasteiger partial charge in [-0.2, -0.15) is 19.1 Å². The Balaban J connectivity index is 1.01. The number of piperidine rings is 2. The molecule has 3 aliphatic heterocycles. The van der Waals surface area contributed by atoms with E-state index in [2.05, 4.69) is 69.4 Å². The maximum absolute atomic E-state index is 13.5. The minimum absolute atomic E-state index is 0.0869. The number of carbonyl (C=O) groups excluding carboxylic acids is 1. The van der Waals surface area contributed by atoms with Crippen molar-refractivity contribution >= 4 is 46.7 Å². The predicted octanol–water partition coefficient (Wildman–Crippen LogP) is 5.86. The number of aromatic nitrogens is 2. The number of carbonyl (C=O) groups is 1. The van der Waals surface area contributed by atoms with Crippen LogP contribution in [0, 0.1) is 11.3 Å². The number of fused-ring (bicyclic) bond motifs is 1. The summed E-state index contributed by atoms with van der Waals surface area (Å²) in [4.78, 5) is 25.1. The zero-order valence-corrected chi connectivity index (χ0v) is 31.3. The third-order valence-electron chi connectivity index (χ3n) is 10.2. The average Bonchev–Trinajstić information content (AvgIpc) is 3.50. The van der Waals surface area contributed by atoms with Gasteiger partial charge >= 0.3 is 12.6 Å². The fourth-order valence-electron chi connectivity index (χ4n) is 7.12. The first-order chi connectivity index (χ1) is 26.0. The van der Waals surface area contributed by atoms with Gasteiger partial charge in [0.25, 0.3) is 0 Å². The van der Waals surface area contributed by atoms with E-state index >= 15 is 0 Å². The van der Waals surface area contributed by atoms with E-state index in [0.29, 0.717) is 73.4 Å². The van der Waals surface area contributed by atoms with Gasteiger partial charge in [0.1, 0.15) is 29.4 Å². The smallest absolute Gasteiger partial charge is 0.387 e. The van der Waals surface area contributed by atoms with Crippen LogP contribution >= 0.6 is 0 Å². The van der Waals surface area contributed by atoms with Crippen molar-refractivity contribution in [2.24, 2.45) is 17.0 Å². The van der Waals surface area contributed by atoms with Crippen molar-refractivity contribution in [3.63, 3.8) is 0 Å². The number of nitrogens with one attached hydrogen (secondary N) is 1. The third kappa shape index (κ3) is 9.03. The number of aryl methyl sites for hydroxylation is 1. The van der Waals surface area contributed by atoms with Crippen molar-refractivity contribution in [3.05, 3.63) is 71.8 Å². The number of nitriles is 1. The highest BCUT2D eigenvalue weighted by atomic mass is 32.2. The monoisotopic (exact) mass is 761 g/mol. The predicted molar refractivity (Wildman–Crippen MR) is 204 cm³/mol. The van der Waals surface area contributed by atoms with Crippen LogP contribution in [0.1, 0.15) is 56.1 Å². The Bertz CT molecular complexity index is 2000. The highest BCUT2D eigenvalue weighted by Crippen LogP contribution is 2.34. The molecule has 3 fully saturated rings. The lowest BCUT2D eigenvalue weighted by atomic mass is 9.88. The Morgan fingerprint density at radius 3 is 2.59 bits per heavy atom. The molecule has 3 aliphatic rings. The average molecular weight is 762 g/mol. The van der Waals surface area contributed by atoms with Crippen LogP contribution in [0.25, 0.3) is 10.9 Å². The number of alkyl halides is 2. The van der Waals surface area contributed by atoms with E-state index in [1.165, 1.54) is 11.8 Å². The molecule has 2 atom stereocenters. The van der Waals surface area contributed by atoms with Crippen molar-refractivity contribution < 1.29 is 27.3 Å². The van der Waals surface area contributed by atoms with Gasteiger partial charge in [0.15, 0.2) is 11.6 Å². The molecule has 0 aliphatic carbocycles. The molecule has 16 heteroatoms. The number of hydrogen-bond acceptors (Lipinski definition) is 9. The summed E-state index contributed by atoms with van der Waals surface area (Å²) in [5, 5.41) is 18.2. The van der Waals surface area contributed by atoms with E-state index in [1.54, 1.807) is 23.1 Å². The Kier molecular flexibility index (Phi) is 12.5. The number of amides is 2. The Labute approximate surface area is 316 Å². The molecule has 2 unspecified atom stereocenters. The van der Waals surface area contributed by atoms with E-state index in [4.69, 9.17) is 9.84 Å². The minimum atomic E-state index is -2.99. The maximum atomic E-state index is 13.5. The van der Waals surface area contributed by atoms with Gasteiger partial charge < -0.3 is 14.8 Å². The third-order valence-corrected chi connectivity index (χ3v) is 11.7. The molecule has 3 aromatic rings. The van der Waals surface area contributed by atoms with Crippen molar-refractivity contribution in [3.8, 4) is 11.8 Å². The lowest BCUT2D eigenvalue weighted by Crippen LogP contribution is -2.45. The second-order valence-corrected chi connectivity index (χ2v) is 15.2. The normalized spacial score (nSPS) is 19.6. The number of rotatable bonds is 13. The van der Waals surface area contributed by atoms with Gasteiger partial charge in [0, 0.05) is 50.2 Å². The zero-order valence-electron chi connectivity index (χ0n) is 30.5. The fraction of sp³-hybridized carbons (Fsp3) is 0.447. The van der Waals surface area contributed by atoms with Crippen molar-refractivity contribution in [2.45, 2.75) is 68.5 Å². The van der Waals surface area contributed by atoms with E-state index in [9.17, 15) is 23.0 Å². The van der Waals surface area contributed by atoms with E-state index in [1.807, 2.05) is 16.0 Å². The van der Waals surface area contributed by atoms with Crippen LogP contribution in [0.2, 0.25) is 0 Å². The number of nitrogens with zero attached hydrogens (tertiary/aromatic N) is 8. The molecule has 1 N–H and O–H groups in total. The fourth-order valence-corrected chi connectivity index (χ4v) is 8.36. The van der Waals surface area contributed by atoms with Gasteiger partial charge in [-0.15, -0.1) is 0 Å². The lowest BCUT2D eigenvalue weighted by molar-refractivity contribution is -0.0894. The lowest BCUT2D eigenvalue weighted by Gasteiger charge is -2.36. The summed E-state index contributed by atoms with van der Waals surface area (Å²) in [7, 11) is 0.417. The molecule has 0 radical (unpaired) electrons. The van der Waals surface area contributed by atoms with Crippen molar-refractivity contribution in [2.75, 3.05) is 44.2 Å². The first-order valence-corrected chi connectivity index (χ1v) is 19.1. The van der Waals surface area contributed by atoms with Crippen LogP contribution in [-0.2, 0) is 22.8 Å². The summed E-state index contributed by atoms with van der Waals surface area (Å²) in [6.07, 6.45) is 6.09. The van der Waals surface area contributed by atoms with Crippen LogP contribution in [0.4, 0.5) is 19.4 Å². The van der Waals surface area contributed by atoms with Crippen LogP contribution in [0.3, 0.4) is 0 Å². The molecule has 3 saturated heterocycles. The number of benzene rings is 2. The van der Waals surface area contributed by atoms with Crippen molar-refractivity contribution in [1.29, 1.82) is 5.26 Å². The number of aliphatic imine (C=N–C) groups is 2. The number of likely N-dealkylation sites (tertiary alicyclic amines) is 1. The SMILES string of the molecule is C=N/C=C(\C=NC1CCN(S(=O)c2ccc(C#N)c(OCC(C)N3CCC(c4ccc5c(N6CCC(=C)NC6=O)nn(C)c5c4)CC3)c2)CC1)OC(F)F. The highest BCUT2D eigenvalue weighted by Gasteiger charge is 2.29. The number of halogens is 2. The molecule has 6 rings (SSSR count). The molecular weight excluding hydrogens is 717 g/mol. The number of allylic oxidation sites excluding steroid dienone is 1. The number of anilines is 1. The Morgan fingerprint density at radius 2 is 1.91 bits per heavy atom. The Hall–Kier alpha value is -4.98. The van der Waals surface area contributed by atoms with Crippen LogP contribution in [-0.4, -0.2) is 100 Å². The summed E-state index contributed by atoms with van der Waals surface area (Å²) in [5.74, 6) is 1.26. The van der Waals surface area contributed by atoms with Crippen molar-refractivity contribution in [1.82, 2.24) is 24.3 Å². The molecule has 2 amide bonds. The minimum Gasteiger partial charge on any atom is -0.491 e. The van der Waals surface area contributed by atoms with Crippen LogP contribution in [0.15, 0.2) is 75.5 Å². The van der Waals surface area contributed by atoms with Gasteiger partial charge in [-0.3, -0.25) is 24.5 Å². The van der Waals surface area contributed by atoms with Gasteiger partial charge in [-0.05, 0) is 94.2 Å². The first-order valence-electron chi connectivity index (χ1n) is 18.0. The van der Waals surface area contributed by atoms with E-state index in [0.717, 1.165) is 48.7 Å². The molecular formula is C38H45F2N9O4S. The molecule has 1 aromatic heterocycles. The number of hydrogen-bond donors (Lipinski definition) is 1. The second-order valence-electron chi connectivity index (χ2n) is 13.7. The quantitative estimate of drug-likeness (QED) is 0.170. The Morgan fingerprint density at radius 1 is 1.15 bits per heavy atom. The molecule has 4 heterocycles. The van der Waals surface area contributed by atoms with Gasteiger partial charge in [-0.1, -0.05) is 12.6 Å². The van der Waals surface area contributed by atoms with Gasteiger partial charge in [0.2, 0.25) is 0 Å². The summed E-state index contributed by atoms with van der Waals surface area (Å²) in [6, 6.07) is 13.4. The molecule has 54 heavy (non-hydrogen) atoms. The van der Waals surface area contributed by atoms with Gasteiger partial charge in [0.05, 0.1) is 34.4 Å². The molecule has 0 spiro atoms. The summed E-state index contributed by atoms with van der Waals surface area (Å²) < 4.78 is 53.1. The van der Waals surface area contributed by atoms with Gasteiger partial charge in [-0.25, -0.2) is 13.3 Å².